The molecule has 0 bridgehead atoms. The van der Waals surface area contributed by atoms with Gasteiger partial charge in [-0.1, -0.05) is 12.1 Å². The molecule has 0 aromatic carbocycles. The Labute approximate surface area is 108 Å². The first-order valence-electron chi connectivity index (χ1n) is 6.16. The maximum Gasteiger partial charge on any atom is 0.352 e. The molecule has 0 aliphatic heterocycles. The smallest absolute Gasteiger partial charge is 0.348 e. The number of imidazole rings is 1. The molecule has 0 spiro atoms. The number of amides is 1. The first-order valence-corrected chi connectivity index (χ1v) is 6.16. The fourth-order valence-electron chi connectivity index (χ4n) is 2.16. The third-order valence-corrected chi connectivity index (χ3v) is 3.65. The van der Waals surface area contributed by atoms with Crippen LogP contribution in [0.5, 0.6) is 0 Å². The Morgan fingerprint density at radius 1 is 1.47 bits per heavy atom. The number of aromatic nitrogens is 5. The Morgan fingerprint density at radius 2 is 2.26 bits per heavy atom. The van der Waals surface area contributed by atoms with E-state index >= 15 is 0 Å². The van der Waals surface area contributed by atoms with Gasteiger partial charge in [0.25, 0.3) is 5.91 Å². The van der Waals surface area contributed by atoms with Gasteiger partial charge < -0.3 is 5.32 Å². The van der Waals surface area contributed by atoms with Crippen molar-refractivity contribution in [2.75, 3.05) is 0 Å². The number of nitrogens with zero attached hydrogens (tertiary/aromatic N) is 5. The van der Waals surface area contributed by atoms with Crippen molar-refractivity contribution in [1.82, 2.24) is 29.7 Å². The van der Waals surface area contributed by atoms with Crippen LogP contribution >= 0.6 is 0 Å². The summed E-state index contributed by atoms with van der Waals surface area (Å²) in [5.41, 5.74) is -0.0505. The quantitative estimate of drug-likeness (QED) is 0.776. The van der Waals surface area contributed by atoms with Gasteiger partial charge in [-0.05, 0) is 18.8 Å². The summed E-state index contributed by atoms with van der Waals surface area (Å²) in [6, 6.07) is 0.184. The molecule has 1 aliphatic carbocycles. The minimum atomic E-state index is -0.381. The van der Waals surface area contributed by atoms with Gasteiger partial charge in [0.2, 0.25) is 0 Å². The molecule has 2 unspecified atom stereocenters. The van der Waals surface area contributed by atoms with E-state index in [1.807, 2.05) is 0 Å². The van der Waals surface area contributed by atoms with Crippen LogP contribution < -0.4 is 11.0 Å². The van der Waals surface area contributed by atoms with Crippen LogP contribution in [-0.4, -0.2) is 36.3 Å². The molecule has 1 N–H and O–H groups in total. The minimum absolute atomic E-state index is 0.143. The van der Waals surface area contributed by atoms with E-state index in [-0.39, 0.29) is 29.0 Å². The van der Waals surface area contributed by atoms with Gasteiger partial charge in [-0.15, -0.1) is 5.10 Å². The standard InChI is InChI=1S/C11H14N6O2/c1-6-3-4-7(6)13-10(18)8-9-14-15-16(2)11(19)17(9)5-12-8/h5-7H,3-4H2,1-2H3,(H,13,18). The van der Waals surface area contributed by atoms with Crippen molar-refractivity contribution in [3.8, 4) is 0 Å². The van der Waals surface area contributed by atoms with Crippen molar-refractivity contribution in [1.29, 1.82) is 0 Å². The van der Waals surface area contributed by atoms with Crippen LogP contribution in [0.3, 0.4) is 0 Å². The van der Waals surface area contributed by atoms with Crippen molar-refractivity contribution in [3.63, 3.8) is 0 Å². The van der Waals surface area contributed by atoms with Gasteiger partial charge in [0.15, 0.2) is 11.3 Å². The molecule has 3 rings (SSSR count). The third-order valence-electron chi connectivity index (χ3n) is 3.65. The summed E-state index contributed by atoms with van der Waals surface area (Å²) >= 11 is 0. The monoisotopic (exact) mass is 262 g/mol. The fraction of sp³-hybridized carbons (Fsp3) is 0.545. The number of fused-ring (bicyclic) bond motifs is 1. The largest absolute Gasteiger partial charge is 0.352 e. The number of carbonyl (C=O) groups is 1. The molecule has 2 aromatic rings. The van der Waals surface area contributed by atoms with Crippen molar-refractivity contribution in [2.45, 2.75) is 25.8 Å². The van der Waals surface area contributed by atoms with Gasteiger partial charge in [0.1, 0.15) is 6.33 Å². The first kappa shape index (κ1) is 11.8. The molecule has 2 heterocycles. The molecule has 0 radical (unpaired) electrons. The van der Waals surface area contributed by atoms with Crippen molar-refractivity contribution >= 4 is 11.6 Å². The Hall–Kier alpha value is -2.25. The van der Waals surface area contributed by atoms with E-state index in [0.29, 0.717) is 5.92 Å². The number of rotatable bonds is 2. The van der Waals surface area contributed by atoms with Crippen molar-refractivity contribution in [2.24, 2.45) is 13.0 Å². The summed E-state index contributed by atoms with van der Waals surface area (Å²) < 4.78 is 2.30. The molecular weight excluding hydrogens is 248 g/mol. The molecule has 1 aliphatic rings. The van der Waals surface area contributed by atoms with Crippen LogP contribution in [0.1, 0.15) is 30.3 Å². The molecule has 2 aromatic heterocycles. The highest BCUT2D eigenvalue weighted by atomic mass is 16.2. The van der Waals surface area contributed by atoms with Crippen LogP contribution in [-0.2, 0) is 7.05 Å². The lowest BCUT2D eigenvalue weighted by atomic mass is 9.81. The van der Waals surface area contributed by atoms with E-state index in [2.05, 4.69) is 27.5 Å². The molecule has 1 fully saturated rings. The van der Waals surface area contributed by atoms with Crippen LogP contribution in [0.25, 0.3) is 5.65 Å². The molecule has 8 heteroatoms. The van der Waals surface area contributed by atoms with Gasteiger partial charge in [-0.3, -0.25) is 4.79 Å². The van der Waals surface area contributed by atoms with Crippen LogP contribution in [0.4, 0.5) is 0 Å². The molecule has 0 saturated heterocycles. The zero-order valence-corrected chi connectivity index (χ0v) is 10.7. The maximum atomic E-state index is 12.1. The van der Waals surface area contributed by atoms with Crippen LogP contribution in [0.2, 0.25) is 0 Å². The zero-order valence-electron chi connectivity index (χ0n) is 10.7. The van der Waals surface area contributed by atoms with Gasteiger partial charge in [-0.2, -0.15) is 4.68 Å². The number of aryl methyl sites for hydroxylation is 1. The van der Waals surface area contributed by atoms with E-state index in [9.17, 15) is 9.59 Å². The summed E-state index contributed by atoms with van der Waals surface area (Å²) in [5, 5.41) is 10.4. The Kier molecular flexibility index (Phi) is 2.58. The second kappa shape index (κ2) is 4.15. The highest BCUT2D eigenvalue weighted by molar-refractivity contribution is 5.98. The fourth-order valence-corrected chi connectivity index (χ4v) is 2.16. The van der Waals surface area contributed by atoms with Crippen molar-refractivity contribution in [3.05, 3.63) is 22.5 Å². The Bertz CT molecular complexity index is 703. The van der Waals surface area contributed by atoms with E-state index in [1.54, 1.807) is 0 Å². The van der Waals surface area contributed by atoms with E-state index < -0.39 is 0 Å². The molecule has 2 atom stereocenters. The summed E-state index contributed by atoms with van der Waals surface area (Å²) in [7, 11) is 1.49. The molecule has 1 amide bonds. The highest BCUT2D eigenvalue weighted by Crippen LogP contribution is 2.26. The number of carbonyl (C=O) groups excluding carboxylic acids is 1. The molecule has 8 nitrogen and oxygen atoms in total. The van der Waals surface area contributed by atoms with Crippen LogP contribution in [0, 0.1) is 5.92 Å². The molecular formula is C11H14N6O2. The van der Waals surface area contributed by atoms with Gasteiger partial charge >= 0.3 is 5.69 Å². The predicted molar refractivity (Wildman–Crippen MR) is 65.7 cm³/mol. The minimum Gasteiger partial charge on any atom is -0.348 e. The lowest BCUT2D eigenvalue weighted by molar-refractivity contribution is 0.0881. The second-order valence-electron chi connectivity index (χ2n) is 4.92. The van der Waals surface area contributed by atoms with Gasteiger partial charge in [0.05, 0.1) is 0 Å². The highest BCUT2D eigenvalue weighted by Gasteiger charge is 2.29. The lowest BCUT2D eigenvalue weighted by Crippen LogP contribution is -2.45. The van der Waals surface area contributed by atoms with Gasteiger partial charge in [-0.25, -0.2) is 14.2 Å². The SMILES string of the molecule is CC1CCC1NC(=O)c1ncn2c(=O)n(C)nnc12. The summed E-state index contributed by atoms with van der Waals surface area (Å²) in [6.07, 6.45) is 3.40. The second-order valence-corrected chi connectivity index (χ2v) is 4.92. The topological polar surface area (TPSA) is 94.2 Å². The number of hydrogen-bond acceptors (Lipinski definition) is 5. The predicted octanol–water partition coefficient (Wildman–Crippen LogP) is -0.649. The van der Waals surface area contributed by atoms with E-state index in [0.717, 1.165) is 17.5 Å². The van der Waals surface area contributed by atoms with Gasteiger partial charge in [0, 0.05) is 13.1 Å². The van der Waals surface area contributed by atoms with E-state index in [4.69, 9.17) is 0 Å². The molecule has 100 valence electrons. The molecule has 1 saturated carbocycles. The van der Waals surface area contributed by atoms with Crippen molar-refractivity contribution < 1.29 is 4.79 Å². The Morgan fingerprint density at radius 3 is 2.89 bits per heavy atom. The summed E-state index contributed by atoms with van der Waals surface area (Å²) in [4.78, 5) is 27.8. The van der Waals surface area contributed by atoms with E-state index in [1.165, 1.54) is 17.8 Å². The average Bonchev–Trinajstić information content (AvgIpc) is 2.83. The van der Waals surface area contributed by atoms with Crippen LogP contribution in [0.15, 0.2) is 11.1 Å². The summed E-state index contributed by atoms with van der Waals surface area (Å²) in [5.74, 6) is 0.179. The zero-order chi connectivity index (χ0) is 13.6. The maximum absolute atomic E-state index is 12.1. The Balaban J connectivity index is 1.95. The molecule has 19 heavy (non-hydrogen) atoms. The number of hydrogen-bond donors (Lipinski definition) is 1. The average molecular weight is 262 g/mol. The first-order chi connectivity index (χ1) is 9.08. The summed E-state index contributed by atoms with van der Waals surface area (Å²) in [6.45, 7) is 2.09. The number of nitrogens with one attached hydrogen (secondary N) is 1. The lowest BCUT2D eigenvalue weighted by Gasteiger charge is -2.34. The normalized spacial score (nSPS) is 22.2. The third kappa shape index (κ3) is 1.79.